The largest absolute Gasteiger partial charge is 0.489 e. The van der Waals surface area contributed by atoms with Crippen LogP contribution in [0.15, 0.2) is 48.8 Å². The van der Waals surface area contributed by atoms with Gasteiger partial charge in [-0.25, -0.2) is 0 Å². The number of nitrogens with zero attached hydrogens (tertiary/aromatic N) is 2. The highest BCUT2D eigenvalue weighted by Gasteiger charge is 2.32. The monoisotopic (exact) mass is 342 g/mol. The molecule has 1 aromatic heterocycles. The predicted octanol–water partition coefficient (Wildman–Crippen LogP) is 2.90. The van der Waals surface area contributed by atoms with E-state index in [9.17, 15) is 0 Å². The van der Waals surface area contributed by atoms with E-state index in [0.29, 0.717) is 12.6 Å². The van der Waals surface area contributed by atoms with E-state index in [1.54, 1.807) is 20.4 Å². The second-order valence-electron chi connectivity index (χ2n) is 6.39. The van der Waals surface area contributed by atoms with Crippen molar-refractivity contribution in [3.8, 4) is 5.75 Å². The van der Waals surface area contributed by atoms with Crippen molar-refractivity contribution in [2.45, 2.75) is 31.7 Å². The summed E-state index contributed by atoms with van der Waals surface area (Å²) in [5.41, 5.74) is 2.25. The van der Waals surface area contributed by atoms with Crippen LogP contribution in [-0.2, 0) is 22.6 Å². The molecule has 2 heterocycles. The highest BCUT2D eigenvalue weighted by Crippen LogP contribution is 2.27. The van der Waals surface area contributed by atoms with Gasteiger partial charge in [0, 0.05) is 56.9 Å². The minimum atomic E-state index is 0.267. The van der Waals surface area contributed by atoms with Crippen LogP contribution in [0.1, 0.15) is 17.5 Å². The van der Waals surface area contributed by atoms with Gasteiger partial charge in [0.1, 0.15) is 12.4 Å². The van der Waals surface area contributed by atoms with Crippen molar-refractivity contribution in [3.63, 3.8) is 0 Å². The van der Waals surface area contributed by atoms with Crippen molar-refractivity contribution in [1.82, 2.24) is 9.88 Å². The van der Waals surface area contributed by atoms with E-state index in [4.69, 9.17) is 14.2 Å². The Hall–Kier alpha value is -1.95. The second kappa shape index (κ2) is 8.94. The SMILES string of the molecule is COC[C@@H]1C[C@@H](OC)CN1Cc1ccccc1OCc1cccnc1. The van der Waals surface area contributed by atoms with Gasteiger partial charge in [0.15, 0.2) is 0 Å². The fourth-order valence-electron chi connectivity index (χ4n) is 3.31. The summed E-state index contributed by atoms with van der Waals surface area (Å²) in [6.45, 7) is 2.99. The summed E-state index contributed by atoms with van der Waals surface area (Å²) >= 11 is 0. The average Bonchev–Trinajstić information content (AvgIpc) is 3.04. The molecular weight excluding hydrogens is 316 g/mol. The molecule has 0 radical (unpaired) electrons. The molecule has 0 N–H and O–H groups in total. The van der Waals surface area contributed by atoms with Gasteiger partial charge in [-0.2, -0.15) is 0 Å². The standard InChI is InChI=1S/C20H26N2O3/c1-23-15-18-10-19(24-2)13-22(18)12-17-7-3-4-8-20(17)25-14-16-6-5-9-21-11-16/h3-9,11,18-19H,10,12-15H2,1-2H3/t18-,19+/m0/s1. The van der Waals surface area contributed by atoms with E-state index in [1.807, 2.05) is 30.5 Å². The molecule has 1 aliphatic heterocycles. The van der Waals surface area contributed by atoms with Crippen LogP contribution in [0.2, 0.25) is 0 Å². The van der Waals surface area contributed by atoms with E-state index in [0.717, 1.165) is 37.4 Å². The number of rotatable bonds is 8. The second-order valence-corrected chi connectivity index (χ2v) is 6.39. The number of likely N-dealkylation sites (tertiary alicyclic amines) is 1. The Morgan fingerprint density at radius 3 is 2.80 bits per heavy atom. The third-order valence-electron chi connectivity index (χ3n) is 4.65. The van der Waals surface area contributed by atoms with Gasteiger partial charge in [0.05, 0.1) is 12.7 Å². The molecule has 5 heteroatoms. The molecule has 25 heavy (non-hydrogen) atoms. The zero-order valence-electron chi connectivity index (χ0n) is 14.9. The molecule has 1 fully saturated rings. The molecule has 0 aliphatic carbocycles. The first-order chi connectivity index (χ1) is 12.3. The van der Waals surface area contributed by atoms with Crippen LogP contribution in [0, 0.1) is 0 Å². The molecular formula is C20H26N2O3. The third kappa shape index (κ3) is 4.78. The highest BCUT2D eigenvalue weighted by atomic mass is 16.5. The quantitative estimate of drug-likeness (QED) is 0.738. The number of hydrogen-bond acceptors (Lipinski definition) is 5. The van der Waals surface area contributed by atoms with Crippen LogP contribution < -0.4 is 4.74 Å². The van der Waals surface area contributed by atoms with E-state index < -0.39 is 0 Å². The molecule has 1 saturated heterocycles. The van der Waals surface area contributed by atoms with Crippen LogP contribution in [0.3, 0.4) is 0 Å². The number of methoxy groups -OCH3 is 2. The number of hydrogen-bond donors (Lipinski definition) is 0. The Bertz CT molecular complexity index is 650. The van der Waals surface area contributed by atoms with E-state index in [-0.39, 0.29) is 6.10 Å². The maximum atomic E-state index is 6.05. The molecule has 0 amide bonds. The topological polar surface area (TPSA) is 43.8 Å². The molecule has 0 unspecified atom stereocenters. The van der Waals surface area contributed by atoms with Crippen LogP contribution in [-0.4, -0.2) is 49.4 Å². The van der Waals surface area contributed by atoms with Gasteiger partial charge >= 0.3 is 0 Å². The molecule has 1 aliphatic rings. The van der Waals surface area contributed by atoms with Crippen LogP contribution >= 0.6 is 0 Å². The summed E-state index contributed by atoms with van der Waals surface area (Å²) in [7, 11) is 3.53. The summed E-state index contributed by atoms with van der Waals surface area (Å²) in [6.07, 6.45) is 4.88. The van der Waals surface area contributed by atoms with Crippen molar-refractivity contribution in [2.24, 2.45) is 0 Å². The maximum absolute atomic E-state index is 6.05. The number of aromatic nitrogens is 1. The lowest BCUT2D eigenvalue weighted by molar-refractivity contribution is 0.105. The summed E-state index contributed by atoms with van der Waals surface area (Å²) in [5.74, 6) is 0.920. The molecule has 5 nitrogen and oxygen atoms in total. The molecule has 134 valence electrons. The summed E-state index contributed by atoms with van der Waals surface area (Å²) in [4.78, 5) is 6.56. The van der Waals surface area contributed by atoms with Crippen molar-refractivity contribution in [3.05, 3.63) is 59.9 Å². The number of para-hydroxylation sites is 1. The van der Waals surface area contributed by atoms with Crippen molar-refractivity contribution in [1.29, 1.82) is 0 Å². The first kappa shape index (κ1) is 17.9. The molecule has 2 aromatic rings. The third-order valence-corrected chi connectivity index (χ3v) is 4.65. The predicted molar refractivity (Wildman–Crippen MR) is 96.5 cm³/mol. The van der Waals surface area contributed by atoms with Gasteiger partial charge in [0.2, 0.25) is 0 Å². The van der Waals surface area contributed by atoms with Crippen LogP contribution in [0.5, 0.6) is 5.75 Å². The van der Waals surface area contributed by atoms with Gasteiger partial charge in [0.25, 0.3) is 0 Å². The summed E-state index contributed by atoms with van der Waals surface area (Å²) < 4.78 is 17.0. The molecule has 0 saturated carbocycles. The fourth-order valence-corrected chi connectivity index (χ4v) is 3.31. The van der Waals surface area contributed by atoms with E-state index in [1.165, 1.54) is 5.56 Å². The number of pyridine rings is 1. The summed E-state index contributed by atoms with van der Waals surface area (Å²) in [5, 5.41) is 0. The van der Waals surface area contributed by atoms with E-state index >= 15 is 0 Å². The summed E-state index contributed by atoms with van der Waals surface area (Å²) in [6, 6.07) is 12.5. The fraction of sp³-hybridized carbons (Fsp3) is 0.450. The molecule has 1 aromatic carbocycles. The smallest absolute Gasteiger partial charge is 0.124 e. The van der Waals surface area contributed by atoms with Gasteiger partial charge in [-0.15, -0.1) is 0 Å². The first-order valence-electron chi connectivity index (χ1n) is 8.65. The van der Waals surface area contributed by atoms with Crippen molar-refractivity contribution in [2.75, 3.05) is 27.4 Å². The zero-order chi connectivity index (χ0) is 17.5. The Labute approximate surface area is 149 Å². The molecule has 2 atom stereocenters. The lowest BCUT2D eigenvalue weighted by Gasteiger charge is -2.24. The average molecular weight is 342 g/mol. The van der Waals surface area contributed by atoms with Crippen molar-refractivity contribution < 1.29 is 14.2 Å². The van der Waals surface area contributed by atoms with Gasteiger partial charge in [-0.1, -0.05) is 24.3 Å². The van der Waals surface area contributed by atoms with Crippen molar-refractivity contribution >= 4 is 0 Å². The van der Waals surface area contributed by atoms with Crippen LogP contribution in [0.25, 0.3) is 0 Å². The normalized spacial score (nSPS) is 20.7. The Kier molecular flexibility index (Phi) is 6.39. The Morgan fingerprint density at radius 2 is 2.04 bits per heavy atom. The Morgan fingerprint density at radius 1 is 1.16 bits per heavy atom. The van der Waals surface area contributed by atoms with E-state index in [2.05, 4.69) is 22.0 Å². The highest BCUT2D eigenvalue weighted by molar-refractivity contribution is 5.33. The van der Waals surface area contributed by atoms with Crippen LogP contribution in [0.4, 0.5) is 0 Å². The lowest BCUT2D eigenvalue weighted by Crippen LogP contribution is -2.32. The first-order valence-corrected chi connectivity index (χ1v) is 8.65. The minimum Gasteiger partial charge on any atom is -0.489 e. The number of ether oxygens (including phenoxy) is 3. The van der Waals surface area contributed by atoms with Gasteiger partial charge in [-0.3, -0.25) is 9.88 Å². The van der Waals surface area contributed by atoms with Gasteiger partial charge < -0.3 is 14.2 Å². The molecule has 0 spiro atoms. The Balaban J connectivity index is 1.67. The number of benzene rings is 1. The lowest BCUT2D eigenvalue weighted by atomic mass is 10.1. The minimum absolute atomic E-state index is 0.267. The molecule has 3 rings (SSSR count). The molecule has 0 bridgehead atoms. The zero-order valence-corrected chi connectivity index (χ0v) is 14.9. The maximum Gasteiger partial charge on any atom is 0.124 e. The van der Waals surface area contributed by atoms with Gasteiger partial charge in [-0.05, 0) is 18.6 Å².